The molecule has 1 unspecified atom stereocenters. The van der Waals surface area contributed by atoms with Crippen LogP contribution < -0.4 is 15.5 Å². The molecule has 6 nitrogen and oxygen atoms in total. The van der Waals surface area contributed by atoms with Gasteiger partial charge in [0.2, 0.25) is 0 Å². The SMILES string of the molecule is CCNC(=NCCCOC1CCOCC1)NC1CCN(c2c(F)cccc2F)C1. The number of hydrogen-bond donors (Lipinski definition) is 2. The first-order valence-corrected chi connectivity index (χ1v) is 10.6. The quantitative estimate of drug-likeness (QED) is 0.392. The molecule has 2 aliphatic rings. The molecular weight excluding hydrogens is 378 g/mol. The Morgan fingerprint density at radius 3 is 2.72 bits per heavy atom. The van der Waals surface area contributed by atoms with E-state index >= 15 is 0 Å². The van der Waals surface area contributed by atoms with E-state index in [9.17, 15) is 8.78 Å². The second-order valence-corrected chi connectivity index (χ2v) is 7.44. The standard InChI is InChI=1S/C21H32F2N4O2/c1-2-24-21(25-10-4-12-29-17-8-13-28-14-9-17)26-16-7-11-27(15-16)20-18(22)5-3-6-19(20)23/h3,5-6,16-17H,2,4,7-15H2,1H3,(H2,24,25,26). The Kier molecular flexibility index (Phi) is 8.49. The average Bonchev–Trinajstić information content (AvgIpc) is 3.16. The number of halogens is 2. The van der Waals surface area contributed by atoms with Crippen molar-refractivity contribution in [2.24, 2.45) is 4.99 Å². The van der Waals surface area contributed by atoms with E-state index in [4.69, 9.17) is 9.47 Å². The van der Waals surface area contributed by atoms with Gasteiger partial charge in [0, 0.05) is 52.0 Å². The second-order valence-electron chi connectivity index (χ2n) is 7.44. The van der Waals surface area contributed by atoms with Crippen molar-refractivity contribution in [3.63, 3.8) is 0 Å². The molecule has 1 atom stereocenters. The van der Waals surface area contributed by atoms with Gasteiger partial charge in [-0.25, -0.2) is 8.78 Å². The highest BCUT2D eigenvalue weighted by molar-refractivity contribution is 5.80. The number of ether oxygens (including phenoxy) is 2. The molecule has 0 radical (unpaired) electrons. The maximum atomic E-state index is 14.0. The highest BCUT2D eigenvalue weighted by Crippen LogP contribution is 2.26. The number of rotatable bonds is 8. The Bertz CT molecular complexity index is 648. The van der Waals surface area contributed by atoms with Crippen LogP contribution in [-0.4, -0.2) is 64.1 Å². The maximum absolute atomic E-state index is 14.0. The van der Waals surface area contributed by atoms with Crippen LogP contribution in [0.1, 0.15) is 32.6 Å². The number of benzene rings is 1. The van der Waals surface area contributed by atoms with Gasteiger partial charge in [-0.2, -0.15) is 0 Å². The first kappa shape index (κ1) is 21.8. The Morgan fingerprint density at radius 1 is 1.24 bits per heavy atom. The van der Waals surface area contributed by atoms with Crippen molar-refractivity contribution in [1.29, 1.82) is 0 Å². The molecule has 2 saturated heterocycles. The van der Waals surface area contributed by atoms with Gasteiger partial charge in [0.05, 0.1) is 6.10 Å². The largest absolute Gasteiger partial charge is 0.381 e. The van der Waals surface area contributed by atoms with Crippen LogP contribution in [0.4, 0.5) is 14.5 Å². The van der Waals surface area contributed by atoms with E-state index in [2.05, 4.69) is 15.6 Å². The van der Waals surface area contributed by atoms with Crippen LogP contribution in [0.5, 0.6) is 0 Å². The first-order valence-electron chi connectivity index (χ1n) is 10.6. The Labute approximate surface area is 171 Å². The van der Waals surface area contributed by atoms with Gasteiger partial charge in [-0.15, -0.1) is 0 Å². The van der Waals surface area contributed by atoms with Crippen molar-refractivity contribution in [2.45, 2.75) is 44.8 Å². The number of nitrogens with one attached hydrogen (secondary N) is 2. The first-order chi connectivity index (χ1) is 14.2. The molecule has 0 bridgehead atoms. The number of nitrogens with zero attached hydrogens (tertiary/aromatic N) is 2. The van der Waals surface area contributed by atoms with Crippen molar-refractivity contribution < 1.29 is 18.3 Å². The van der Waals surface area contributed by atoms with Crippen LogP contribution >= 0.6 is 0 Å². The van der Waals surface area contributed by atoms with Gasteiger partial charge in [0.15, 0.2) is 5.96 Å². The minimum atomic E-state index is -0.518. The van der Waals surface area contributed by atoms with Crippen LogP contribution in [0.2, 0.25) is 0 Å². The summed E-state index contributed by atoms with van der Waals surface area (Å²) in [7, 11) is 0. The van der Waals surface area contributed by atoms with Gasteiger partial charge in [0.25, 0.3) is 0 Å². The molecule has 162 valence electrons. The Morgan fingerprint density at radius 2 is 2.00 bits per heavy atom. The molecule has 1 aromatic carbocycles. The van der Waals surface area contributed by atoms with E-state index in [1.807, 2.05) is 6.92 Å². The van der Waals surface area contributed by atoms with E-state index < -0.39 is 11.6 Å². The molecule has 29 heavy (non-hydrogen) atoms. The van der Waals surface area contributed by atoms with Crippen LogP contribution in [-0.2, 0) is 9.47 Å². The van der Waals surface area contributed by atoms with Crippen molar-refractivity contribution in [2.75, 3.05) is 50.9 Å². The summed E-state index contributed by atoms with van der Waals surface area (Å²) in [5.41, 5.74) is 0.0593. The molecule has 0 spiro atoms. The number of hydrogen-bond acceptors (Lipinski definition) is 4. The summed E-state index contributed by atoms with van der Waals surface area (Å²) in [5.74, 6) is -0.300. The minimum absolute atomic E-state index is 0.0593. The lowest BCUT2D eigenvalue weighted by molar-refractivity contribution is -0.0318. The van der Waals surface area contributed by atoms with Crippen molar-refractivity contribution in [1.82, 2.24) is 10.6 Å². The number of aliphatic imine (C=N–C) groups is 1. The monoisotopic (exact) mass is 410 g/mol. The molecule has 2 fully saturated rings. The fourth-order valence-electron chi connectivity index (χ4n) is 3.73. The fourth-order valence-corrected chi connectivity index (χ4v) is 3.73. The summed E-state index contributed by atoms with van der Waals surface area (Å²) in [4.78, 5) is 6.37. The zero-order valence-electron chi connectivity index (χ0n) is 17.1. The minimum Gasteiger partial charge on any atom is -0.381 e. The highest BCUT2D eigenvalue weighted by Gasteiger charge is 2.27. The van der Waals surface area contributed by atoms with Gasteiger partial charge in [-0.05, 0) is 44.7 Å². The maximum Gasteiger partial charge on any atom is 0.191 e. The van der Waals surface area contributed by atoms with Gasteiger partial charge in [-0.3, -0.25) is 4.99 Å². The fraction of sp³-hybridized carbons (Fsp3) is 0.667. The molecule has 8 heteroatoms. The Balaban J connectivity index is 1.44. The van der Waals surface area contributed by atoms with Crippen molar-refractivity contribution >= 4 is 11.6 Å². The third-order valence-electron chi connectivity index (χ3n) is 5.22. The molecule has 0 saturated carbocycles. The summed E-state index contributed by atoms with van der Waals surface area (Å²) >= 11 is 0. The van der Waals surface area contributed by atoms with Crippen LogP contribution in [0, 0.1) is 11.6 Å². The van der Waals surface area contributed by atoms with Crippen molar-refractivity contribution in [3.05, 3.63) is 29.8 Å². The second kappa shape index (κ2) is 11.3. The van der Waals surface area contributed by atoms with Crippen molar-refractivity contribution in [3.8, 4) is 0 Å². The van der Waals surface area contributed by atoms with E-state index in [0.29, 0.717) is 32.3 Å². The summed E-state index contributed by atoms with van der Waals surface area (Å²) < 4.78 is 39.3. The smallest absolute Gasteiger partial charge is 0.191 e. The predicted octanol–water partition coefficient (Wildman–Crippen LogP) is 2.68. The van der Waals surface area contributed by atoms with E-state index in [1.54, 1.807) is 4.90 Å². The van der Waals surface area contributed by atoms with Gasteiger partial charge in [0.1, 0.15) is 17.3 Å². The summed E-state index contributed by atoms with van der Waals surface area (Å²) in [6, 6.07) is 4.08. The zero-order chi connectivity index (χ0) is 20.5. The van der Waals surface area contributed by atoms with E-state index in [-0.39, 0.29) is 11.7 Å². The third kappa shape index (κ3) is 6.54. The summed E-state index contributed by atoms with van der Waals surface area (Å²) in [6.45, 7) is 6.83. The van der Waals surface area contributed by atoms with Gasteiger partial charge < -0.3 is 25.0 Å². The Hall–Kier alpha value is -1.93. The van der Waals surface area contributed by atoms with E-state index in [1.165, 1.54) is 18.2 Å². The van der Waals surface area contributed by atoms with Crippen LogP contribution in [0.15, 0.2) is 23.2 Å². The molecule has 2 aliphatic heterocycles. The number of guanidine groups is 1. The molecule has 0 aromatic heterocycles. The summed E-state index contributed by atoms with van der Waals surface area (Å²) in [5, 5.41) is 6.63. The number of anilines is 1. The zero-order valence-corrected chi connectivity index (χ0v) is 17.1. The van der Waals surface area contributed by atoms with Crippen LogP contribution in [0.25, 0.3) is 0 Å². The molecule has 0 amide bonds. The average molecular weight is 411 g/mol. The van der Waals surface area contributed by atoms with Gasteiger partial charge in [-0.1, -0.05) is 6.07 Å². The van der Waals surface area contributed by atoms with Crippen LogP contribution in [0.3, 0.4) is 0 Å². The molecule has 2 heterocycles. The lowest BCUT2D eigenvalue weighted by atomic mass is 10.1. The summed E-state index contributed by atoms with van der Waals surface area (Å²) in [6.07, 6.45) is 3.89. The normalized spacial score (nSPS) is 20.9. The molecule has 1 aromatic rings. The molecule has 3 rings (SSSR count). The number of para-hydroxylation sites is 1. The van der Waals surface area contributed by atoms with E-state index in [0.717, 1.165) is 51.4 Å². The lowest BCUT2D eigenvalue weighted by Gasteiger charge is -2.22. The molecular formula is C21H32F2N4O2. The topological polar surface area (TPSA) is 58.1 Å². The molecule has 0 aliphatic carbocycles. The third-order valence-corrected chi connectivity index (χ3v) is 5.22. The highest BCUT2D eigenvalue weighted by atomic mass is 19.1. The predicted molar refractivity (Wildman–Crippen MR) is 111 cm³/mol. The lowest BCUT2D eigenvalue weighted by Crippen LogP contribution is -2.44. The van der Waals surface area contributed by atoms with Gasteiger partial charge >= 0.3 is 0 Å². The molecule has 2 N–H and O–H groups in total.